The summed E-state index contributed by atoms with van der Waals surface area (Å²) < 4.78 is 40.2. The molecule has 0 fully saturated rings. The number of carbonyl (C=O) groups excluding carboxylic acids is 1. The van der Waals surface area contributed by atoms with Gasteiger partial charge in [0.15, 0.2) is 0 Å². The average molecular weight is 385 g/mol. The smallest absolute Gasteiger partial charge is 0.340 e. The Labute approximate surface area is 160 Å². The topological polar surface area (TPSA) is 57.8 Å². The number of alkyl halides is 3. The number of fused-ring (bicyclic) bond motifs is 1. The molecule has 3 aromatic rings. The van der Waals surface area contributed by atoms with Gasteiger partial charge < -0.3 is 9.88 Å². The van der Waals surface area contributed by atoms with Crippen LogP contribution in [0.4, 0.5) is 18.9 Å². The summed E-state index contributed by atoms with van der Waals surface area (Å²) in [6, 6.07) is 13.7. The summed E-state index contributed by atoms with van der Waals surface area (Å²) in [5.41, 5.74) is 3.20. The van der Waals surface area contributed by atoms with Crippen molar-refractivity contribution in [2.24, 2.45) is 0 Å². The lowest BCUT2D eigenvalue weighted by atomic mass is 10.0. The minimum atomic E-state index is -4.29. The number of hydrogen-bond acceptors (Lipinski definition) is 2. The second-order valence-electron chi connectivity index (χ2n) is 6.48. The van der Waals surface area contributed by atoms with Crippen LogP contribution in [0.1, 0.15) is 25.0 Å². The fourth-order valence-electron chi connectivity index (χ4n) is 3.39. The molecular formula is C21H18F3N3O. The summed E-state index contributed by atoms with van der Waals surface area (Å²) in [7, 11) is 0. The van der Waals surface area contributed by atoms with E-state index in [9.17, 15) is 23.2 Å². The molecule has 0 spiro atoms. The fourth-order valence-corrected chi connectivity index (χ4v) is 3.39. The number of rotatable bonds is 4. The van der Waals surface area contributed by atoms with E-state index in [0.29, 0.717) is 34.4 Å². The quantitative estimate of drug-likeness (QED) is 0.666. The normalized spacial score (nSPS) is 11.4. The molecule has 0 aliphatic heterocycles. The van der Waals surface area contributed by atoms with Gasteiger partial charge in [0.1, 0.15) is 6.07 Å². The zero-order chi connectivity index (χ0) is 20.5. The summed E-state index contributed by atoms with van der Waals surface area (Å²) in [6.45, 7) is 3.79. The Hall–Kier alpha value is -3.27. The van der Waals surface area contributed by atoms with E-state index in [-0.39, 0.29) is 11.5 Å². The van der Waals surface area contributed by atoms with Crippen LogP contribution in [0.5, 0.6) is 0 Å². The predicted molar refractivity (Wildman–Crippen MR) is 102 cm³/mol. The molecule has 1 heterocycles. The van der Waals surface area contributed by atoms with E-state index >= 15 is 0 Å². The Morgan fingerprint density at radius 1 is 1.18 bits per heavy atom. The lowest BCUT2D eigenvalue weighted by Gasteiger charge is -2.11. The molecule has 0 atom stereocenters. The number of aromatic nitrogens is 1. The van der Waals surface area contributed by atoms with E-state index in [0.717, 1.165) is 5.56 Å². The Morgan fingerprint density at radius 3 is 2.39 bits per heavy atom. The Balaban J connectivity index is 2.16. The molecule has 7 heteroatoms. The van der Waals surface area contributed by atoms with Crippen molar-refractivity contribution in [1.29, 1.82) is 5.26 Å². The van der Waals surface area contributed by atoms with Gasteiger partial charge >= 0.3 is 6.18 Å². The van der Waals surface area contributed by atoms with Crippen LogP contribution in [0.15, 0.2) is 42.5 Å². The molecule has 0 bridgehead atoms. The number of nitriles is 1. The largest absolute Gasteiger partial charge is 0.393 e. The molecule has 3 rings (SSSR count). The van der Waals surface area contributed by atoms with E-state index in [4.69, 9.17) is 0 Å². The average Bonchev–Trinajstić information content (AvgIpc) is 2.93. The zero-order valence-electron chi connectivity index (χ0n) is 15.4. The van der Waals surface area contributed by atoms with Crippen LogP contribution in [-0.2, 0) is 17.8 Å². The molecule has 0 radical (unpaired) electrons. The van der Waals surface area contributed by atoms with E-state index in [2.05, 4.69) is 11.4 Å². The van der Waals surface area contributed by atoms with Crippen LogP contribution in [0.3, 0.4) is 0 Å². The van der Waals surface area contributed by atoms with Crippen LogP contribution < -0.4 is 5.32 Å². The lowest BCUT2D eigenvalue weighted by Crippen LogP contribution is -2.11. The van der Waals surface area contributed by atoms with Gasteiger partial charge in [0.05, 0.1) is 23.2 Å². The minimum Gasteiger partial charge on any atom is -0.340 e. The van der Waals surface area contributed by atoms with Gasteiger partial charge in [-0.05, 0) is 36.2 Å². The van der Waals surface area contributed by atoms with Gasteiger partial charge in [-0.3, -0.25) is 4.79 Å². The summed E-state index contributed by atoms with van der Waals surface area (Å²) in [4.78, 5) is 11.2. The third-order valence-electron chi connectivity index (χ3n) is 4.44. The highest BCUT2D eigenvalue weighted by Gasteiger charge is 2.28. The van der Waals surface area contributed by atoms with Gasteiger partial charge in [-0.15, -0.1) is 0 Å². The second kappa shape index (κ2) is 7.39. The van der Waals surface area contributed by atoms with Crippen molar-refractivity contribution in [1.82, 2.24) is 4.57 Å². The van der Waals surface area contributed by atoms with Crippen LogP contribution in [0, 0.1) is 11.3 Å². The number of nitrogens with zero attached hydrogens (tertiary/aromatic N) is 2. The summed E-state index contributed by atoms with van der Waals surface area (Å²) >= 11 is 0. The first-order chi connectivity index (χ1) is 13.2. The number of hydrogen-bond donors (Lipinski definition) is 1. The maximum Gasteiger partial charge on any atom is 0.393 e. The molecule has 0 saturated carbocycles. The van der Waals surface area contributed by atoms with Gasteiger partial charge in [-0.1, -0.05) is 24.3 Å². The maximum atomic E-state index is 12.8. The number of amides is 1. The molecule has 1 amide bonds. The lowest BCUT2D eigenvalue weighted by molar-refractivity contribution is -0.127. The molecule has 28 heavy (non-hydrogen) atoms. The third-order valence-corrected chi connectivity index (χ3v) is 4.44. The van der Waals surface area contributed by atoms with E-state index in [1.807, 2.05) is 11.5 Å². The molecule has 144 valence electrons. The Kier molecular flexibility index (Phi) is 5.14. The predicted octanol–water partition coefficient (Wildman–Crippen LogP) is 5.26. The fraction of sp³-hybridized carbons (Fsp3) is 0.238. The van der Waals surface area contributed by atoms with E-state index in [1.54, 1.807) is 30.3 Å². The van der Waals surface area contributed by atoms with Crippen LogP contribution in [0.25, 0.3) is 22.2 Å². The highest BCUT2D eigenvalue weighted by Crippen LogP contribution is 2.35. The first kappa shape index (κ1) is 19.5. The number of nitrogens with one attached hydrogen (secondary N) is 1. The monoisotopic (exact) mass is 385 g/mol. The molecular weight excluding hydrogens is 367 g/mol. The number of aryl methyl sites for hydroxylation is 1. The van der Waals surface area contributed by atoms with E-state index < -0.39 is 12.6 Å². The second-order valence-corrected chi connectivity index (χ2v) is 6.48. The van der Waals surface area contributed by atoms with Crippen molar-refractivity contribution < 1.29 is 18.0 Å². The van der Waals surface area contributed by atoms with Crippen LogP contribution in [0.2, 0.25) is 0 Å². The number of benzene rings is 2. The van der Waals surface area contributed by atoms with Gasteiger partial charge in [0.2, 0.25) is 5.91 Å². The van der Waals surface area contributed by atoms with Crippen molar-refractivity contribution in [3.05, 3.63) is 53.6 Å². The highest BCUT2D eigenvalue weighted by molar-refractivity contribution is 5.95. The van der Waals surface area contributed by atoms with Gasteiger partial charge in [0.25, 0.3) is 0 Å². The van der Waals surface area contributed by atoms with Crippen molar-refractivity contribution >= 4 is 22.5 Å². The van der Waals surface area contributed by atoms with Crippen molar-refractivity contribution in [3.8, 4) is 17.3 Å². The number of halogens is 3. The van der Waals surface area contributed by atoms with Gasteiger partial charge in [-0.25, -0.2) is 0 Å². The molecule has 1 N–H and O–H groups in total. The van der Waals surface area contributed by atoms with Crippen molar-refractivity contribution in [2.75, 3.05) is 5.32 Å². The zero-order valence-corrected chi connectivity index (χ0v) is 15.4. The third kappa shape index (κ3) is 3.86. The number of anilines is 1. The first-order valence-electron chi connectivity index (χ1n) is 8.73. The standard InChI is InChI=1S/C21H18F3N3O/c1-3-27-19-10-14(11-21(22,23)24)4-9-17(19)18(12-25)20(27)15-5-7-16(8-6-15)26-13(2)28/h4-10H,3,11H2,1-2H3,(H,26,28). The SMILES string of the molecule is CCn1c(-c2ccc(NC(C)=O)cc2)c(C#N)c2ccc(CC(F)(F)F)cc21. The molecule has 4 nitrogen and oxygen atoms in total. The minimum absolute atomic E-state index is 0.157. The molecule has 2 aromatic carbocycles. The Bertz CT molecular complexity index is 1070. The summed E-state index contributed by atoms with van der Waals surface area (Å²) in [5, 5.41) is 13.0. The molecule has 0 aliphatic carbocycles. The molecule has 0 unspecified atom stereocenters. The van der Waals surface area contributed by atoms with Crippen LogP contribution >= 0.6 is 0 Å². The van der Waals surface area contributed by atoms with Crippen molar-refractivity contribution in [2.45, 2.75) is 33.0 Å². The first-order valence-corrected chi connectivity index (χ1v) is 8.73. The highest BCUT2D eigenvalue weighted by atomic mass is 19.4. The Morgan fingerprint density at radius 2 is 1.86 bits per heavy atom. The molecule has 0 saturated heterocycles. The maximum absolute atomic E-state index is 12.8. The van der Waals surface area contributed by atoms with Gasteiger partial charge in [0, 0.05) is 24.5 Å². The molecule has 1 aromatic heterocycles. The van der Waals surface area contributed by atoms with Gasteiger partial charge in [-0.2, -0.15) is 18.4 Å². The summed E-state index contributed by atoms with van der Waals surface area (Å²) in [6.07, 6.45) is -5.31. The van der Waals surface area contributed by atoms with E-state index in [1.165, 1.54) is 19.1 Å². The van der Waals surface area contributed by atoms with Crippen molar-refractivity contribution in [3.63, 3.8) is 0 Å². The summed E-state index contributed by atoms with van der Waals surface area (Å²) in [5.74, 6) is -0.190. The molecule has 0 aliphatic rings. The number of carbonyl (C=O) groups is 1. The van der Waals surface area contributed by atoms with Crippen LogP contribution in [-0.4, -0.2) is 16.7 Å².